The van der Waals surface area contributed by atoms with Crippen LogP contribution in [0.5, 0.6) is 11.5 Å². The predicted molar refractivity (Wildman–Crippen MR) is 102 cm³/mol. The van der Waals surface area contributed by atoms with Gasteiger partial charge >= 0.3 is 0 Å². The van der Waals surface area contributed by atoms with Crippen molar-refractivity contribution in [2.45, 2.75) is 25.9 Å². The molecular formula is C21H26N2O3. The second kappa shape index (κ2) is 8.72. The van der Waals surface area contributed by atoms with Crippen molar-refractivity contribution in [2.24, 2.45) is 0 Å². The third-order valence-corrected chi connectivity index (χ3v) is 4.73. The molecular weight excluding hydrogens is 328 g/mol. The van der Waals surface area contributed by atoms with Gasteiger partial charge < -0.3 is 14.8 Å². The third kappa shape index (κ3) is 4.55. The maximum atomic E-state index is 12.4. The molecule has 0 aliphatic carbocycles. The molecule has 0 bridgehead atoms. The topological polar surface area (TPSA) is 50.8 Å². The number of ether oxygens (including phenoxy) is 2. The highest BCUT2D eigenvalue weighted by atomic mass is 16.5. The van der Waals surface area contributed by atoms with E-state index in [-0.39, 0.29) is 5.91 Å². The van der Waals surface area contributed by atoms with Gasteiger partial charge in [0.1, 0.15) is 0 Å². The number of nitrogens with zero attached hydrogens (tertiary/aromatic N) is 1. The van der Waals surface area contributed by atoms with Gasteiger partial charge in [0, 0.05) is 18.7 Å². The Morgan fingerprint density at radius 2 is 1.62 bits per heavy atom. The van der Waals surface area contributed by atoms with Crippen LogP contribution in [0.4, 0.5) is 0 Å². The lowest BCUT2D eigenvalue weighted by atomic mass is 10.1. The number of likely N-dealkylation sites (tertiary alicyclic amines) is 1. The monoisotopic (exact) mass is 354 g/mol. The summed E-state index contributed by atoms with van der Waals surface area (Å²) in [4.78, 5) is 14.8. The lowest BCUT2D eigenvalue weighted by Crippen LogP contribution is -2.23. The van der Waals surface area contributed by atoms with E-state index < -0.39 is 0 Å². The molecule has 1 heterocycles. The van der Waals surface area contributed by atoms with Crippen LogP contribution in [0.25, 0.3) is 0 Å². The molecule has 2 aromatic carbocycles. The Morgan fingerprint density at radius 1 is 0.962 bits per heavy atom. The summed E-state index contributed by atoms with van der Waals surface area (Å²) in [6.07, 6.45) is 2.61. The predicted octanol–water partition coefficient (Wildman–Crippen LogP) is 3.23. The molecule has 1 amide bonds. The molecule has 1 N–H and O–H groups in total. The van der Waals surface area contributed by atoms with E-state index in [1.165, 1.54) is 31.5 Å². The first-order valence-corrected chi connectivity index (χ1v) is 9.00. The Morgan fingerprint density at radius 3 is 2.27 bits per heavy atom. The molecule has 138 valence electrons. The number of carbonyl (C=O) groups excluding carboxylic acids is 1. The Bertz CT molecular complexity index is 737. The summed E-state index contributed by atoms with van der Waals surface area (Å²) >= 11 is 0. The van der Waals surface area contributed by atoms with E-state index in [9.17, 15) is 4.79 Å². The summed E-state index contributed by atoms with van der Waals surface area (Å²) in [5.41, 5.74) is 2.96. The number of benzene rings is 2. The highest BCUT2D eigenvalue weighted by Gasteiger charge is 2.12. The van der Waals surface area contributed by atoms with E-state index in [1.54, 1.807) is 32.4 Å². The molecule has 1 saturated heterocycles. The van der Waals surface area contributed by atoms with Crippen LogP contribution in [0.3, 0.4) is 0 Å². The molecule has 5 heteroatoms. The minimum atomic E-state index is -0.132. The van der Waals surface area contributed by atoms with Gasteiger partial charge in [-0.25, -0.2) is 0 Å². The van der Waals surface area contributed by atoms with Crippen LogP contribution in [0, 0.1) is 0 Å². The highest BCUT2D eigenvalue weighted by molar-refractivity contribution is 5.94. The van der Waals surface area contributed by atoms with Crippen molar-refractivity contribution in [2.75, 3.05) is 27.3 Å². The van der Waals surface area contributed by atoms with Crippen LogP contribution in [0.2, 0.25) is 0 Å². The van der Waals surface area contributed by atoms with E-state index in [2.05, 4.69) is 34.5 Å². The highest BCUT2D eigenvalue weighted by Crippen LogP contribution is 2.27. The molecule has 3 rings (SSSR count). The molecule has 0 spiro atoms. The molecule has 0 unspecified atom stereocenters. The molecule has 0 aromatic heterocycles. The summed E-state index contributed by atoms with van der Waals surface area (Å²) in [7, 11) is 3.13. The Balaban J connectivity index is 1.55. The minimum Gasteiger partial charge on any atom is -0.493 e. The lowest BCUT2D eigenvalue weighted by Gasteiger charge is -2.14. The van der Waals surface area contributed by atoms with Gasteiger partial charge in [0.05, 0.1) is 14.2 Å². The Kier molecular flexibility index (Phi) is 6.12. The quantitative estimate of drug-likeness (QED) is 0.829. The third-order valence-electron chi connectivity index (χ3n) is 4.73. The number of nitrogens with one attached hydrogen (secondary N) is 1. The van der Waals surface area contributed by atoms with Crippen molar-refractivity contribution < 1.29 is 14.3 Å². The van der Waals surface area contributed by atoms with E-state index >= 15 is 0 Å². The molecule has 1 fully saturated rings. The number of rotatable bonds is 7. The van der Waals surface area contributed by atoms with Gasteiger partial charge in [-0.1, -0.05) is 24.3 Å². The smallest absolute Gasteiger partial charge is 0.251 e. The first-order valence-electron chi connectivity index (χ1n) is 9.00. The normalized spacial score (nSPS) is 14.2. The number of hydrogen-bond acceptors (Lipinski definition) is 4. The van der Waals surface area contributed by atoms with E-state index in [1.807, 2.05) is 0 Å². The van der Waals surface area contributed by atoms with Gasteiger partial charge in [0.2, 0.25) is 0 Å². The first-order chi connectivity index (χ1) is 12.7. The largest absolute Gasteiger partial charge is 0.493 e. The van der Waals surface area contributed by atoms with Crippen molar-refractivity contribution in [3.05, 3.63) is 59.2 Å². The van der Waals surface area contributed by atoms with Crippen molar-refractivity contribution in [1.82, 2.24) is 10.2 Å². The number of hydrogen-bond donors (Lipinski definition) is 1. The first kappa shape index (κ1) is 18.3. The summed E-state index contributed by atoms with van der Waals surface area (Å²) in [6.45, 7) is 3.90. The van der Waals surface area contributed by atoms with E-state index in [0.717, 1.165) is 12.1 Å². The Labute approximate surface area is 154 Å². The van der Waals surface area contributed by atoms with Crippen LogP contribution in [0.15, 0.2) is 42.5 Å². The number of carbonyl (C=O) groups is 1. The van der Waals surface area contributed by atoms with Gasteiger partial charge in [-0.15, -0.1) is 0 Å². The zero-order chi connectivity index (χ0) is 18.4. The molecule has 2 aromatic rings. The zero-order valence-electron chi connectivity index (χ0n) is 15.5. The molecule has 0 radical (unpaired) electrons. The minimum absolute atomic E-state index is 0.132. The van der Waals surface area contributed by atoms with Gasteiger partial charge in [0.15, 0.2) is 11.5 Å². The zero-order valence-corrected chi connectivity index (χ0v) is 15.5. The molecule has 0 saturated carbocycles. The van der Waals surface area contributed by atoms with Gasteiger partial charge in [-0.05, 0) is 55.3 Å². The average molecular weight is 354 g/mol. The number of amides is 1. The van der Waals surface area contributed by atoms with Crippen LogP contribution in [-0.4, -0.2) is 38.1 Å². The fraction of sp³-hybridized carbons (Fsp3) is 0.381. The molecule has 0 atom stereocenters. The molecule has 1 aliphatic heterocycles. The van der Waals surface area contributed by atoms with Crippen molar-refractivity contribution in [1.29, 1.82) is 0 Å². The van der Waals surface area contributed by atoms with Gasteiger partial charge in [-0.2, -0.15) is 0 Å². The van der Waals surface area contributed by atoms with E-state index in [0.29, 0.717) is 23.6 Å². The maximum Gasteiger partial charge on any atom is 0.251 e. The SMILES string of the molecule is COc1ccc(C(=O)NCc2ccc(CN3CCCC3)cc2)cc1OC. The van der Waals surface area contributed by atoms with Crippen LogP contribution in [-0.2, 0) is 13.1 Å². The second-order valence-corrected chi connectivity index (χ2v) is 6.55. The standard InChI is InChI=1S/C21H26N2O3/c1-25-19-10-9-18(13-20(19)26-2)21(24)22-14-16-5-7-17(8-6-16)15-23-11-3-4-12-23/h5-10,13H,3-4,11-12,14-15H2,1-2H3,(H,22,24). The molecule has 5 nitrogen and oxygen atoms in total. The maximum absolute atomic E-state index is 12.4. The van der Waals surface area contributed by atoms with Gasteiger partial charge in [-0.3, -0.25) is 9.69 Å². The fourth-order valence-electron chi connectivity index (χ4n) is 3.22. The van der Waals surface area contributed by atoms with Crippen molar-refractivity contribution in [3.63, 3.8) is 0 Å². The van der Waals surface area contributed by atoms with Crippen LogP contribution >= 0.6 is 0 Å². The lowest BCUT2D eigenvalue weighted by molar-refractivity contribution is 0.0950. The summed E-state index contributed by atoms with van der Waals surface area (Å²) in [5.74, 6) is 1.02. The number of methoxy groups -OCH3 is 2. The summed E-state index contributed by atoms with van der Waals surface area (Å²) < 4.78 is 10.4. The summed E-state index contributed by atoms with van der Waals surface area (Å²) in [6, 6.07) is 13.6. The summed E-state index contributed by atoms with van der Waals surface area (Å²) in [5, 5.41) is 2.95. The molecule has 1 aliphatic rings. The van der Waals surface area contributed by atoms with Crippen LogP contribution in [0.1, 0.15) is 34.3 Å². The van der Waals surface area contributed by atoms with Crippen LogP contribution < -0.4 is 14.8 Å². The van der Waals surface area contributed by atoms with E-state index in [4.69, 9.17) is 9.47 Å². The average Bonchev–Trinajstić information content (AvgIpc) is 3.19. The molecule has 26 heavy (non-hydrogen) atoms. The van der Waals surface area contributed by atoms with Crippen molar-refractivity contribution in [3.8, 4) is 11.5 Å². The van der Waals surface area contributed by atoms with Crippen molar-refractivity contribution >= 4 is 5.91 Å². The fourth-order valence-corrected chi connectivity index (χ4v) is 3.22. The van der Waals surface area contributed by atoms with Gasteiger partial charge in [0.25, 0.3) is 5.91 Å². The second-order valence-electron chi connectivity index (χ2n) is 6.55. The Hall–Kier alpha value is -2.53.